The van der Waals surface area contributed by atoms with Gasteiger partial charge in [-0.2, -0.15) is 0 Å². The van der Waals surface area contributed by atoms with Gasteiger partial charge in [-0.15, -0.1) is 0 Å². The fourth-order valence-electron chi connectivity index (χ4n) is 2.40. The first kappa shape index (κ1) is 9.57. The lowest BCUT2D eigenvalue weighted by Gasteiger charge is -2.17. The maximum Gasteiger partial charge on any atom is 0.0402 e. The quantitative estimate of drug-likeness (QED) is 0.690. The molecule has 2 rings (SSSR count). The van der Waals surface area contributed by atoms with Crippen LogP contribution in [0.1, 0.15) is 37.8 Å². The third kappa shape index (κ3) is 1.41. The molecule has 0 N–H and O–H groups in total. The molecule has 0 amide bonds. The predicted molar refractivity (Wildman–Crippen MR) is 62.1 cm³/mol. The highest BCUT2D eigenvalue weighted by Gasteiger charge is 2.20. The van der Waals surface area contributed by atoms with Crippen molar-refractivity contribution in [3.05, 3.63) is 29.3 Å². The van der Waals surface area contributed by atoms with Crippen molar-refractivity contribution < 1.29 is 0 Å². The lowest BCUT2D eigenvalue weighted by atomic mass is 9.96. The Hall–Kier alpha value is -0.980. The minimum absolute atomic E-state index is 0.654. The Morgan fingerprint density at radius 3 is 2.79 bits per heavy atom. The maximum absolute atomic E-state index is 2.47. The zero-order valence-corrected chi connectivity index (χ0v) is 9.38. The first-order valence-corrected chi connectivity index (χ1v) is 5.60. The van der Waals surface area contributed by atoms with Gasteiger partial charge < -0.3 is 4.90 Å². The SMILES string of the molecule is CCN1CCc2c(C(C)C)cccc21. The standard InChI is InChI=1S/C13H19N/c1-4-14-9-8-12-11(10(2)3)6-5-7-13(12)14/h5-7,10H,4,8-9H2,1-3H3. The van der Waals surface area contributed by atoms with Gasteiger partial charge in [0.05, 0.1) is 0 Å². The van der Waals surface area contributed by atoms with E-state index in [4.69, 9.17) is 0 Å². The molecule has 0 radical (unpaired) electrons. The second-order valence-electron chi connectivity index (χ2n) is 4.33. The Morgan fingerprint density at radius 2 is 2.14 bits per heavy atom. The lowest BCUT2D eigenvalue weighted by Crippen LogP contribution is -2.18. The molecule has 1 nitrogen and oxygen atoms in total. The van der Waals surface area contributed by atoms with Gasteiger partial charge in [0.2, 0.25) is 0 Å². The summed E-state index contributed by atoms with van der Waals surface area (Å²) < 4.78 is 0. The molecule has 1 heteroatoms. The van der Waals surface area contributed by atoms with Gasteiger partial charge in [0.25, 0.3) is 0 Å². The van der Waals surface area contributed by atoms with Gasteiger partial charge in [0.15, 0.2) is 0 Å². The lowest BCUT2D eigenvalue weighted by molar-refractivity contribution is 0.840. The Bertz CT molecular complexity index is 328. The number of anilines is 1. The average Bonchev–Trinajstić information content (AvgIpc) is 2.59. The van der Waals surface area contributed by atoms with Crippen molar-refractivity contribution in [1.29, 1.82) is 0 Å². The summed E-state index contributed by atoms with van der Waals surface area (Å²) in [6.07, 6.45) is 1.23. The van der Waals surface area contributed by atoms with Crippen LogP contribution in [-0.4, -0.2) is 13.1 Å². The molecule has 0 saturated carbocycles. The zero-order chi connectivity index (χ0) is 10.1. The fourth-order valence-corrected chi connectivity index (χ4v) is 2.40. The third-order valence-electron chi connectivity index (χ3n) is 3.16. The van der Waals surface area contributed by atoms with Crippen molar-refractivity contribution in [2.45, 2.75) is 33.1 Å². The van der Waals surface area contributed by atoms with Gasteiger partial charge in [-0.05, 0) is 36.5 Å². The third-order valence-corrected chi connectivity index (χ3v) is 3.16. The summed E-state index contributed by atoms with van der Waals surface area (Å²) in [6, 6.07) is 6.74. The zero-order valence-electron chi connectivity index (χ0n) is 9.38. The first-order chi connectivity index (χ1) is 6.74. The van der Waals surface area contributed by atoms with Crippen LogP contribution in [-0.2, 0) is 6.42 Å². The van der Waals surface area contributed by atoms with Crippen molar-refractivity contribution in [2.75, 3.05) is 18.0 Å². The molecule has 1 aromatic carbocycles. The molecule has 0 unspecified atom stereocenters. The van der Waals surface area contributed by atoms with Crippen LogP contribution in [0.15, 0.2) is 18.2 Å². The molecule has 0 saturated heterocycles. The number of rotatable bonds is 2. The number of benzene rings is 1. The number of likely N-dealkylation sites (N-methyl/N-ethyl adjacent to an activating group) is 1. The van der Waals surface area contributed by atoms with Gasteiger partial charge >= 0.3 is 0 Å². The van der Waals surface area contributed by atoms with Crippen molar-refractivity contribution in [3.63, 3.8) is 0 Å². The van der Waals surface area contributed by atoms with Crippen LogP contribution in [0.3, 0.4) is 0 Å². The first-order valence-electron chi connectivity index (χ1n) is 5.60. The largest absolute Gasteiger partial charge is 0.371 e. The van der Waals surface area contributed by atoms with Crippen molar-refractivity contribution >= 4 is 5.69 Å². The number of nitrogens with zero attached hydrogens (tertiary/aromatic N) is 1. The second-order valence-corrected chi connectivity index (χ2v) is 4.33. The van der Waals surface area contributed by atoms with E-state index in [1.807, 2.05) is 0 Å². The summed E-state index contributed by atoms with van der Waals surface area (Å²) in [5, 5.41) is 0. The molecule has 1 aromatic rings. The van der Waals surface area contributed by atoms with E-state index in [0.717, 1.165) is 6.54 Å². The fraction of sp³-hybridized carbons (Fsp3) is 0.538. The Labute approximate surface area is 86.7 Å². The molecule has 0 atom stereocenters. The van der Waals surface area contributed by atoms with E-state index in [-0.39, 0.29) is 0 Å². The van der Waals surface area contributed by atoms with E-state index in [2.05, 4.69) is 43.9 Å². The van der Waals surface area contributed by atoms with Crippen LogP contribution in [0.25, 0.3) is 0 Å². The molecule has 0 bridgehead atoms. The highest BCUT2D eigenvalue weighted by molar-refractivity contribution is 5.61. The van der Waals surface area contributed by atoms with Gasteiger partial charge in [-0.25, -0.2) is 0 Å². The molecule has 0 aromatic heterocycles. The van der Waals surface area contributed by atoms with Gasteiger partial charge in [-0.1, -0.05) is 26.0 Å². The summed E-state index contributed by atoms with van der Waals surface area (Å²) in [5.41, 5.74) is 4.60. The van der Waals surface area contributed by atoms with Gasteiger partial charge in [0.1, 0.15) is 0 Å². The summed E-state index contributed by atoms with van der Waals surface area (Å²) in [5.74, 6) is 0.654. The van der Waals surface area contributed by atoms with Crippen molar-refractivity contribution in [2.24, 2.45) is 0 Å². The topological polar surface area (TPSA) is 3.24 Å². The smallest absolute Gasteiger partial charge is 0.0402 e. The van der Waals surface area contributed by atoms with E-state index >= 15 is 0 Å². The Balaban J connectivity index is 2.44. The van der Waals surface area contributed by atoms with E-state index in [1.165, 1.54) is 18.7 Å². The van der Waals surface area contributed by atoms with Crippen LogP contribution < -0.4 is 4.90 Å². The van der Waals surface area contributed by atoms with Gasteiger partial charge in [-0.3, -0.25) is 0 Å². The molecular formula is C13H19N. The molecule has 1 heterocycles. The van der Waals surface area contributed by atoms with E-state index in [0.29, 0.717) is 5.92 Å². The molecule has 1 aliphatic rings. The molecular weight excluding hydrogens is 170 g/mol. The molecule has 0 aliphatic carbocycles. The van der Waals surface area contributed by atoms with E-state index in [9.17, 15) is 0 Å². The van der Waals surface area contributed by atoms with Crippen LogP contribution in [0, 0.1) is 0 Å². The monoisotopic (exact) mass is 189 g/mol. The Kier molecular flexibility index (Phi) is 2.49. The number of hydrogen-bond acceptors (Lipinski definition) is 1. The number of hydrogen-bond donors (Lipinski definition) is 0. The normalized spacial score (nSPS) is 15.0. The van der Waals surface area contributed by atoms with Crippen LogP contribution >= 0.6 is 0 Å². The van der Waals surface area contributed by atoms with E-state index in [1.54, 1.807) is 11.1 Å². The molecule has 1 aliphatic heterocycles. The minimum Gasteiger partial charge on any atom is -0.371 e. The van der Waals surface area contributed by atoms with Crippen molar-refractivity contribution in [1.82, 2.24) is 0 Å². The van der Waals surface area contributed by atoms with E-state index < -0.39 is 0 Å². The molecule has 14 heavy (non-hydrogen) atoms. The van der Waals surface area contributed by atoms with Crippen LogP contribution in [0.2, 0.25) is 0 Å². The highest BCUT2D eigenvalue weighted by Crippen LogP contribution is 2.33. The van der Waals surface area contributed by atoms with Gasteiger partial charge in [0, 0.05) is 18.8 Å². The highest BCUT2D eigenvalue weighted by atomic mass is 15.1. The molecule has 0 spiro atoms. The number of fused-ring (bicyclic) bond motifs is 1. The summed E-state index contributed by atoms with van der Waals surface area (Å²) in [7, 11) is 0. The Morgan fingerprint density at radius 1 is 1.36 bits per heavy atom. The summed E-state index contributed by atoms with van der Waals surface area (Å²) in [4.78, 5) is 2.47. The van der Waals surface area contributed by atoms with Crippen molar-refractivity contribution in [3.8, 4) is 0 Å². The summed E-state index contributed by atoms with van der Waals surface area (Å²) >= 11 is 0. The van der Waals surface area contributed by atoms with Crippen LogP contribution in [0.4, 0.5) is 5.69 Å². The maximum atomic E-state index is 2.47. The predicted octanol–water partition coefficient (Wildman–Crippen LogP) is 3.19. The summed E-state index contributed by atoms with van der Waals surface area (Å²) in [6.45, 7) is 9.13. The second kappa shape index (κ2) is 3.64. The minimum atomic E-state index is 0.654. The molecule has 0 fully saturated rings. The average molecular weight is 189 g/mol. The van der Waals surface area contributed by atoms with Crippen LogP contribution in [0.5, 0.6) is 0 Å². The molecule has 76 valence electrons.